The molecule has 6 heteroatoms. The Morgan fingerprint density at radius 3 is 2.48 bits per heavy atom. The Labute approximate surface area is 173 Å². The second-order valence-electron chi connectivity index (χ2n) is 6.68. The molecule has 0 aliphatic carbocycles. The molecule has 0 aliphatic rings. The van der Waals surface area contributed by atoms with Crippen LogP contribution in [0.2, 0.25) is 5.02 Å². The third kappa shape index (κ3) is 3.96. The summed E-state index contributed by atoms with van der Waals surface area (Å²) in [5.74, 6) is 0.995. The minimum atomic E-state index is -0.129. The molecule has 2 aromatic heterocycles. The summed E-state index contributed by atoms with van der Waals surface area (Å²) >= 11 is 6.09. The number of ketones is 1. The smallest absolute Gasteiger partial charge is 0.195 e. The Kier molecular flexibility index (Phi) is 5.23. The van der Waals surface area contributed by atoms with Gasteiger partial charge < -0.3 is 14.5 Å². The lowest BCUT2D eigenvalue weighted by atomic mass is 10.0. The zero-order chi connectivity index (χ0) is 20.4. The average Bonchev–Trinajstić information content (AvgIpc) is 3.16. The summed E-state index contributed by atoms with van der Waals surface area (Å²) in [5.41, 5.74) is 3.78. The largest absolute Gasteiger partial charge is 0.497 e. The van der Waals surface area contributed by atoms with Crippen LogP contribution in [-0.2, 0) is 6.42 Å². The van der Waals surface area contributed by atoms with Crippen LogP contribution in [0.4, 0.5) is 0 Å². The van der Waals surface area contributed by atoms with Gasteiger partial charge in [-0.15, -0.1) is 0 Å². The zero-order valence-electron chi connectivity index (χ0n) is 16.0. The summed E-state index contributed by atoms with van der Waals surface area (Å²) in [6, 6.07) is 14.8. The molecule has 0 saturated heterocycles. The number of fused-ring (bicyclic) bond motifs is 1. The number of halogens is 1. The predicted octanol–water partition coefficient (Wildman–Crippen LogP) is 5.06. The Bertz CT molecular complexity index is 1180. The molecule has 2 heterocycles. The number of nitrogens with zero attached hydrogens (tertiary/aromatic N) is 1. The molecule has 0 aliphatic heterocycles. The molecule has 5 nitrogen and oxygen atoms in total. The molecule has 4 rings (SSSR count). The maximum Gasteiger partial charge on any atom is 0.195 e. The molecule has 2 aromatic carbocycles. The molecule has 0 unspecified atom stereocenters. The first kappa shape index (κ1) is 19.0. The van der Waals surface area contributed by atoms with Crippen LogP contribution < -0.4 is 9.47 Å². The van der Waals surface area contributed by atoms with E-state index in [9.17, 15) is 4.79 Å². The molecule has 0 radical (unpaired) electrons. The van der Waals surface area contributed by atoms with Crippen molar-refractivity contribution in [3.63, 3.8) is 0 Å². The zero-order valence-corrected chi connectivity index (χ0v) is 16.8. The van der Waals surface area contributed by atoms with Crippen molar-refractivity contribution >= 4 is 28.4 Å². The van der Waals surface area contributed by atoms with Crippen molar-refractivity contribution in [1.29, 1.82) is 0 Å². The van der Waals surface area contributed by atoms with Crippen molar-refractivity contribution in [3.8, 4) is 11.5 Å². The molecule has 146 valence electrons. The van der Waals surface area contributed by atoms with Gasteiger partial charge in [-0.1, -0.05) is 23.7 Å². The van der Waals surface area contributed by atoms with Gasteiger partial charge in [0, 0.05) is 40.0 Å². The number of carbonyl (C=O) groups is 1. The van der Waals surface area contributed by atoms with Crippen LogP contribution in [0, 0.1) is 0 Å². The number of hydrogen-bond donors (Lipinski definition) is 1. The van der Waals surface area contributed by atoms with Gasteiger partial charge in [-0.3, -0.25) is 4.79 Å². The monoisotopic (exact) mass is 406 g/mol. The fourth-order valence-corrected chi connectivity index (χ4v) is 3.52. The van der Waals surface area contributed by atoms with E-state index in [0.29, 0.717) is 39.7 Å². The van der Waals surface area contributed by atoms with Crippen molar-refractivity contribution < 1.29 is 14.3 Å². The van der Waals surface area contributed by atoms with Crippen LogP contribution in [0.15, 0.2) is 60.9 Å². The number of aromatic nitrogens is 2. The highest BCUT2D eigenvalue weighted by Crippen LogP contribution is 2.27. The molecule has 0 saturated carbocycles. The number of pyridine rings is 1. The number of hydrogen-bond acceptors (Lipinski definition) is 4. The van der Waals surface area contributed by atoms with Crippen molar-refractivity contribution in [2.24, 2.45) is 0 Å². The minimum Gasteiger partial charge on any atom is -0.497 e. The molecular weight excluding hydrogens is 388 g/mol. The van der Waals surface area contributed by atoms with Crippen molar-refractivity contribution in [2.75, 3.05) is 14.2 Å². The van der Waals surface area contributed by atoms with Crippen LogP contribution in [0.1, 0.15) is 27.0 Å². The Morgan fingerprint density at radius 1 is 1.03 bits per heavy atom. The number of H-pyrrole nitrogens is 1. The Morgan fingerprint density at radius 2 is 1.79 bits per heavy atom. The minimum absolute atomic E-state index is 0.129. The van der Waals surface area contributed by atoms with Crippen LogP contribution in [0.3, 0.4) is 0 Å². The van der Waals surface area contributed by atoms with Crippen molar-refractivity contribution in [3.05, 3.63) is 88.2 Å². The number of aromatic amines is 1. The first-order valence-electron chi connectivity index (χ1n) is 9.05. The lowest BCUT2D eigenvalue weighted by molar-refractivity contribution is 0.103. The Balaban J connectivity index is 1.72. The lowest BCUT2D eigenvalue weighted by Gasteiger charge is -2.08. The van der Waals surface area contributed by atoms with Gasteiger partial charge in [-0.25, -0.2) is 4.98 Å². The van der Waals surface area contributed by atoms with E-state index >= 15 is 0 Å². The third-order valence-electron chi connectivity index (χ3n) is 4.74. The molecule has 4 aromatic rings. The van der Waals surface area contributed by atoms with E-state index in [1.165, 1.54) is 0 Å². The summed E-state index contributed by atoms with van der Waals surface area (Å²) in [6.07, 6.45) is 4.17. The van der Waals surface area contributed by atoms with Gasteiger partial charge in [0.1, 0.15) is 17.1 Å². The van der Waals surface area contributed by atoms with E-state index in [1.807, 2.05) is 36.5 Å². The average molecular weight is 407 g/mol. The van der Waals surface area contributed by atoms with Crippen LogP contribution in [0.25, 0.3) is 11.0 Å². The summed E-state index contributed by atoms with van der Waals surface area (Å²) in [7, 11) is 3.11. The summed E-state index contributed by atoms with van der Waals surface area (Å²) < 4.78 is 10.6. The first-order valence-corrected chi connectivity index (χ1v) is 9.43. The van der Waals surface area contributed by atoms with E-state index in [0.717, 1.165) is 16.5 Å². The van der Waals surface area contributed by atoms with E-state index < -0.39 is 0 Å². The maximum absolute atomic E-state index is 13.2. The van der Waals surface area contributed by atoms with Gasteiger partial charge in [-0.2, -0.15) is 0 Å². The molecular formula is C23H19ClN2O3. The fraction of sp³-hybridized carbons (Fsp3) is 0.130. The highest BCUT2D eigenvalue weighted by Gasteiger charge is 2.17. The highest BCUT2D eigenvalue weighted by atomic mass is 35.5. The second-order valence-corrected chi connectivity index (χ2v) is 7.12. The van der Waals surface area contributed by atoms with Crippen molar-refractivity contribution in [1.82, 2.24) is 9.97 Å². The number of carbonyl (C=O) groups excluding carboxylic acids is 1. The van der Waals surface area contributed by atoms with E-state index in [-0.39, 0.29) is 5.78 Å². The lowest BCUT2D eigenvalue weighted by Crippen LogP contribution is -2.02. The quantitative estimate of drug-likeness (QED) is 0.455. The number of benzene rings is 2. The molecule has 1 N–H and O–H groups in total. The SMILES string of the molecule is COc1cc(OC)cc(C(=O)c2c[nH]c3ncc(Cc4cccc(Cl)c4)cc23)c1. The van der Waals surface area contributed by atoms with Gasteiger partial charge in [0.05, 0.1) is 14.2 Å². The second kappa shape index (κ2) is 7.97. The third-order valence-corrected chi connectivity index (χ3v) is 4.98. The van der Waals surface area contributed by atoms with Gasteiger partial charge >= 0.3 is 0 Å². The molecule has 0 atom stereocenters. The number of ether oxygens (including phenoxy) is 2. The van der Waals surface area contributed by atoms with E-state index in [2.05, 4.69) is 9.97 Å². The van der Waals surface area contributed by atoms with Crippen LogP contribution >= 0.6 is 11.6 Å². The topological polar surface area (TPSA) is 64.2 Å². The Hall–Kier alpha value is -3.31. The van der Waals surface area contributed by atoms with E-state index in [1.54, 1.807) is 38.6 Å². The normalized spacial score (nSPS) is 10.9. The molecule has 0 fully saturated rings. The fourth-order valence-electron chi connectivity index (χ4n) is 3.31. The summed E-state index contributed by atoms with van der Waals surface area (Å²) in [6.45, 7) is 0. The number of nitrogens with one attached hydrogen (secondary N) is 1. The van der Waals surface area contributed by atoms with Crippen molar-refractivity contribution in [2.45, 2.75) is 6.42 Å². The molecule has 0 bridgehead atoms. The predicted molar refractivity (Wildman–Crippen MR) is 113 cm³/mol. The molecule has 0 amide bonds. The number of rotatable bonds is 6. The highest BCUT2D eigenvalue weighted by molar-refractivity contribution is 6.30. The van der Waals surface area contributed by atoms with Gasteiger partial charge in [0.25, 0.3) is 0 Å². The standard InChI is InChI=1S/C23H19ClN2O3/c1-28-18-9-16(10-19(11-18)29-2)22(27)21-13-26-23-20(21)8-15(12-25-23)6-14-4-3-5-17(24)7-14/h3-5,7-13H,6H2,1-2H3,(H,25,26). The van der Waals surface area contributed by atoms with Gasteiger partial charge in [0.2, 0.25) is 0 Å². The van der Waals surface area contributed by atoms with Crippen LogP contribution in [0.5, 0.6) is 11.5 Å². The molecule has 29 heavy (non-hydrogen) atoms. The van der Waals surface area contributed by atoms with Crippen LogP contribution in [-0.4, -0.2) is 30.0 Å². The van der Waals surface area contributed by atoms with E-state index in [4.69, 9.17) is 21.1 Å². The molecule has 0 spiro atoms. The van der Waals surface area contributed by atoms with Gasteiger partial charge in [0.15, 0.2) is 5.78 Å². The first-order chi connectivity index (χ1) is 14.1. The van der Waals surface area contributed by atoms with Gasteiger partial charge in [-0.05, 0) is 47.9 Å². The number of methoxy groups -OCH3 is 2. The summed E-state index contributed by atoms with van der Waals surface area (Å²) in [5, 5.41) is 1.47. The maximum atomic E-state index is 13.2. The summed E-state index contributed by atoms with van der Waals surface area (Å²) in [4.78, 5) is 20.8.